The van der Waals surface area contributed by atoms with Crippen molar-refractivity contribution >= 4 is 17.8 Å². The molecule has 0 aliphatic carbocycles. The van der Waals surface area contributed by atoms with Crippen molar-refractivity contribution in [1.82, 2.24) is 0 Å². The summed E-state index contributed by atoms with van der Waals surface area (Å²) < 4.78 is 35.3. The van der Waals surface area contributed by atoms with Crippen LogP contribution in [0, 0.1) is 0 Å². The molecule has 0 bridgehead atoms. The molecule has 0 rings (SSSR count). The van der Waals surface area contributed by atoms with Gasteiger partial charge in [-0.15, -0.1) is 3.89 Å². The summed E-state index contributed by atoms with van der Waals surface area (Å²) in [5.74, 6) is 0. The van der Waals surface area contributed by atoms with Gasteiger partial charge < -0.3 is 4.55 Å². The molecular weight excluding hydrogens is 226 g/mol. The number of rotatable bonds is 4. The highest BCUT2D eigenvalue weighted by Crippen LogP contribution is 2.57. The van der Waals surface area contributed by atoms with Gasteiger partial charge in [-0.05, 0) is 27.7 Å². The van der Waals surface area contributed by atoms with Crippen molar-refractivity contribution in [2.24, 2.45) is 0 Å². The molecule has 0 aromatic carbocycles. The van der Waals surface area contributed by atoms with Gasteiger partial charge >= 0.3 is 0 Å². The van der Waals surface area contributed by atoms with Gasteiger partial charge in [0.1, 0.15) is 0 Å². The normalized spacial score (nSPS) is 11.9. The summed E-state index contributed by atoms with van der Waals surface area (Å²) in [6, 6.07) is 0. The number of hydrogen-bond acceptors (Lipinski definition) is 3. The molecule has 0 unspecified atom stereocenters. The SMILES string of the molecule is CC[P+](CC)(CC)CC.O=S(=O)([O-])F. The van der Waals surface area contributed by atoms with Gasteiger partial charge in [0.15, 0.2) is 0 Å². The van der Waals surface area contributed by atoms with E-state index >= 15 is 0 Å². The Morgan fingerprint density at radius 3 is 1.14 bits per heavy atom. The largest absolute Gasteiger partial charge is 0.722 e. The first-order valence-electron chi connectivity index (χ1n) is 4.75. The smallest absolute Gasteiger partial charge is 0.255 e. The van der Waals surface area contributed by atoms with Crippen molar-refractivity contribution in [3.63, 3.8) is 0 Å². The van der Waals surface area contributed by atoms with Crippen molar-refractivity contribution in [2.75, 3.05) is 24.6 Å². The van der Waals surface area contributed by atoms with Crippen molar-refractivity contribution in [3.8, 4) is 0 Å². The summed E-state index contributed by atoms with van der Waals surface area (Å²) in [5, 5.41) is 0. The van der Waals surface area contributed by atoms with E-state index in [1.807, 2.05) is 0 Å². The lowest BCUT2D eigenvalue weighted by Gasteiger charge is -2.20. The standard InChI is InChI=1S/C8H20P.FHO3S/c1-5-9(6-2,7-3)8-4;1-5(2,3)4/h5-8H2,1-4H3;(H,2,3,4)/q+1;/p-1. The van der Waals surface area contributed by atoms with Crippen LogP contribution in [0.2, 0.25) is 0 Å². The maximum absolute atomic E-state index is 10.1. The highest BCUT2D eigenvalue weighted by Gasteiger charge is 2.27. The molecule has 0 aliphatic rings. The molecule has 0 aromatic rings. The molecule has 0 spiro atoms. The molecule has 88 valence electrons. The second-order valence-electron chi connectivity index (χ2n) is 3.00. The summed E-state index contributed by atoms with van der Waals surface area (Å²) >= 11 is 0. The van der Waals surface area contributed by atoms with E-state index in [0.29, 0.717) is 0 Å². The highest BCUT2D eigenvalue weighted by atomic mass is 32.3. The molecule has 0 saturated heterocycles. The molecule has 0 aliphatic heterocycles. The van der Waals surface area contributed by atoms with Crippen LogP contribution < -0.4 is 0 Å². The predicted molar refractivity (Wildman–Crippen MR) is 59.9 cm³/mol. The second kappa shape index (κ2) is 7.55. The van der Waals surface area contributed by atoms with Crippen LogP contribution in [0.4, 0.5) is 3.89 Å². The average molecular weight is 246 g/mol. The van der Waals surface area contributed by atoms with E-state index in [2.05, 4.69) is 27.7 Å². The first kappa shape index (κ1) is 16.7. The van der Waals surface area contributed by atoms with Crippen LogP contribution in [0.25, 0.3) is 0 Å². The lowest BCUT2D eigenvalue weighted by atomic mass is 10.9. The summed E-state index contributed by atoms with van der Waals surface area (Å²) in [6.07, 6.45) is 5.82. The fourth-order valence-corrected chi connectivity index (χ4v) is 4.02. The number of hydrogen-bond donors (Lipinski definition) is 0. The number of halogens is 1. The van der Waals surface area contributed by atoms with Crippen molar-refractivity contribution in [1.29, 1.82) is 0 Å². The Bertz CT molecular complexity index is 199. The summed E-state index contributed by atoms with van der Waals surface area (Å²) in [7, 11) is -5.84. The van der Waals surface area contributed by atoms with Gasteiger partial charge in [0.05, 0.1) is 24.6 Å². The van der Waals surface area contributed by atoms with Gasteiger partial charge in [-0.3, -0.25) is 0 Å². The van der Waals surface area contributed by atoms with E-state index < -0.39 is 17.8 Å². The summed E-state index contributed by atoms with van der Waals surface area (Å²) in [5.41, 5.74) is 0. The topological polar surface area (TPSA) is 57.2 Å². The van der Waals surface area contributed by atoms with Gasteiger partial charge in [-0.1, -0.05) is 0 Å². The van der Waals surface area contributed by atoms with Crippen LogP contribution in [-0.4, -0.2) is 37.6 Å². The molecule has 3 nitrogen and oxygen atoms in total. The second-order valence-corrected chi connectivity index (χ2v) is 9.00. The third kappa shape index (κ3) is 10.4. The molecule has 0 atom stereocenters. The minimum Gasteiger partial charge on any atom is -0.722 e. The van der Waals surface area contributed by atoms with E-state index in [0.717, 1.165) is 0 Å². The lowest BCUT2D eigenvalue weighted by Crippen LogP contribution is -2.04. The molecule has 0 aromatic heterocycles. The minimum atomic E-state index is -5.42. The van der Waals surface area contributed by atoms with Crippen molar-refractivity contribution < 1.29 is 16.9 Å². The Balaban J connectivity index is 0. The van der Waals surface area contributed by atoms with E-state index in [9.17, 15) is 3.89 Å². The van der Waals surface area contributed by atoms with E-state index in [1.54, 1.807) is 0 Å². The zero-order chi connectivity index (χ0) is 11.8. The van der Waals surface area contributed by atoms with Gasteiger partial charge in [0, 0.05) is 7.26 Å². The average Bonchev–Trinajstić information content (AvgIpc) is 2.07. The zero-order valence-electron chi connectivity index (χ0n) is 9.29. The zero-order valence-corrected chi connectivity index (χ0v) is 11.0. The summed E-state index contributed by atoms with van der Waals surface area (Å²) in [4.78, 5) is 0. The molecule has 0 fully saturated rings. The van der Waals surface area contributed by atoms with E-state index in [4.69, 9.17) is 13.0 Å². The molecule has 0 saturated carbocycles. The van der Waals surface area contributed by atoms with Crippen LogP contribution in [0.15, 0.2) is 0 Å². The first-order chi connectivity index (χ1) is 6.24. The molecule has 0 N–H and O–H groups in total. The molecule has 0 radical (unpaired) electrons. The Hall–Kier alpha value is 0.270. The van der Waals surface area contributed by atoms with Crippen LogP contribution in [0.1, 0.15) is 27.7 Å². The van der Waals surface area contributed by atoms with Gasteiger partial charge in [-0.2, -0.15) is 0 Å². The Morgan fingerprint density at radius 1 is 1.00 bits per heavy atom. The van der Waals surface area contributed by atoms with Gasteiger partial charge in [0.25, 0.3) is 10.5 Å². The van der Waals surface area contributed by atoms with Gasteiger partial charge in [0.2, 0.25) is 0 Å². The van der Waals surface area contributed by atoms with Crippen LogP contribution in [-0.2, 0) is 10.5 Å². The highest BCUT2D eigenvalue weighted by molar-refractivity contribution is 7.80. The summed E-state index contributed by atoms with van der Waals surface area (Å²) in [6.45, 7) is 9.41. The third-order valence-corrected chi connectivity index (χ3v) is 8.05. The maximum atomic E-state index is 10.1. The lowest BCUT2D eigenvalue weighted by molar-refractivity contribution is 0.417. The van der Waals surface area contributed by atoms with Crippen LogP contribution in [0.3, 0.4) is 0 Å². The fourth-order valence-electron chi connectivity index (χ4n) is 1.34. The predicted octanol–water partition coefficient (Wildman–Crippen LogP) is 2.50. The molecular formula is C8H20FO3PS. The molecule has 0 heterocycles. The van der Waals surface area contributed by atoms with E-state index in [1.165, 1.54) is 24.6 Å². The quantitative estimate of drug-likeness (QED) is 0.435. The molecule has 6 heteroatoms. The van der Waals surface area contributed by atoms with Crippen LogP contribution >= 0.6 is 7.26 Å². The fraction of sp³-hybridized carbons (Fsp3) is 1.00. The van der Waals surface area contributed by atoms with Crippen molar-refractivity contribution in [2.45, 2.75) is 27.7 Å². The Labute approximate surface area is 87.5 Å². The van der Waals surface area contributed by atoms with Crippen LogP contribution in [0.5, 0.6) is 0 Å². The Kier molecular flexibility index (Phi) is 9.00. The third-order valence-electron chi connectivity index (χ3n) is 2.68. The molecule has 0 amide bonds. The Morgan fingerprint density at radius 2 is 1.14 bits per heavy atom. The monoisotopic (exact) mass is 246 g/mol. The van der Waals surface area contributed by atoms with Crippen molar-refractivity contribution in [3.05, 3.63) is 0 Å². The maximum Gasteiger partial charge on any atom is 0.255 e. The van der Waals surface area contributed by atoms with Gasteiger partial charge in [-0.25, -0.2) is 8.42 Å². The minimum absolute atomic E-state index is 0.420. The first-order valence-corrected chi connectivity index (χ1v) is 8.59. The molecule has 14 heavy (non-hydrogen) atoms. The van der Waals surface area contributed by atoms with E-state index in [-0.39, 0.29) is 0 Å².